The van der Waals surface area contributed by atoms with E-state index in [0.29, 0.717) is 5.69 Å². The predicted molar refractivity (Wildman–Crippen MR) is 109 cm³/mol. The second kappa shape index (κ2) is 9.32. The maximum absolute atomic E-state index is 12.9. The van der Waals surface area contributed by atoms with Gasteiger partial charge < -0.3 is 4.90 Å². The zero-order chi connectivity index (χ0) is 19.2. The molecule has 0 radical (unpaired) electrons. The molecule has 0 spiro atoms. The maximum Gasteiger partial charge on any atom is 0.276 e. The number of hydrogen-bond acceptors (Lipinski definition) is 4. The zero-order valence-electron chi connectivity index (χ0n) is 16.7. The van der Waals surface area contributed by atoms with Gasteiger partial charge in [0.2, 0.25) is 0 Å². The third-order valence-electron chi connectivity index (χ3n) is 6.14. The zero-order valence-corrected chi connectivity index (χ0v) is 16.7. The van der Waals surface area contributed by atoms with Crippen molar-refractivity contribution in [2.75, 3.05) is 26.2 Å². The van der Waals surface area contributed by atoms with Crippen molar-refractivity contribution >= 4 is 5.91 Å². The van der Waals surface area contributed by atoms with Crippen LogP contribution in [0.4, 0.5) is 0 Å². The molecule has 6 heteroatoms. The highest BCUT2D eigenvalue weighted by atomic mass is 16.2. The Morgan fingerprint density at radius 1 is 0.964 bits per heavy atom. The molecule has 1 amide bonds. The smallest absolute Gasteiger partial charge is 0.276 e. The lowest BCUT2D eigenvalue weighted by molar-refractivity contribution is 0.0749. The van der Waals surface area contributed by atoms with Gasteiger partial charge in [-0.2, -0.15) is 0 Å². The van der Waals surface area contributed by atoms with Crippen LogP contribution in [0.2, 0.25) is 0 Å². The molecule has 0 bridgehead atoms. The fourth-order valence-corrected chi connectivity index (χ4v) is 4.51. The molecule has 1 aromatic heterocycles. The largest absolute Gasteiger partial charge is 0.336 e. The first-order chi connectivity index (χ1) is 13.8. The van der Waals surface area contributed by atoms with Gasteiger partial charge in [0.15, 0.2) is 5.69 Å². The van der Waals surface area contributed by atoms with Gasteiger partial charge in [0.1, 0.15) is 0 Å². The Morgan fingerprint density at radius 3 is 2.61 bits per heavy atom. The average molecular weight is 382 g/mol. The summed E-state index contributed by atoms with van der Waals surface area (Å²) in [4.78, 5) is 17.5. The quantitative estimate of drug-likeness (QED) is 0.799. The van der Waals surface area contributed by atoms with E-state index >= 15 is 0 Å². The molecule has 4 rings (SSSR count). The van der Waals surface area contributed by atoms with Crippen LogP contribution in [0, 0.1) is 0 Å². The Morgan fingerprint density at radius 2 is 1.79 bits per heavy atom. The molecule has 0 N–H and O–H groups in total. The first-order valence-corrected chi connectivity index (χ1v) is 10.8. The fourth-order valence-electron chi connectivity index (χ4n) is 4.51. The first-order valence-electron chi connectivity index (χ1n) is 10.8. The fraction of sp³-hybridized carbons (Fsp3) is 0.591. The van der Waals surface area contributed by atoms with Crippen LogP contribution in [0.3, 0.4) is 0 Å². The van der Waals surface area contributed by atoms with Gasteiger partial charge in [0.05, 0.1) is 6.20 Å². The van der Waals surface area contributed by atoms with Gasteiger partial charge in [-0.15, -0.1) is 5.10 Å². The Kier molecular flexibility index (Phi) is 6.37. The molecule has 150 valence electrons. The summed E-state index contributed by atoms with van der Waals surface area (Å²) in [5.41, 5.74) is 1.74. The third-order valence-corrected chi connectivity index (χ3v) is 6.14. The predicted octanol–water partition coefficient (Wildman–Crippen LogP) is 3.00. The second-order valence-corrected chi connectivity index (χ2v) is 8.08. The Balaban J connectivity index is 1.31. The minimum atomic E-state index is 0.0245. The van der Waals surface area contributed by atoms with E-state index in [9.17, 15) is 4.79 Å². The Labute approximate surface area is 167 Å². The molecular weight excluding hydrogens is 350 g/mol. The van der Waals surface area contributed by atoms with Crippen molar-refractivity contribution in [1.82, 2.24) is 24.8 Å². The van der Waals surface area contributed by atoms with E-state index < -0.39 is 0 Å². The summed E-state index contributed by atoms with van der Waals surface area (Å²) in [5, 5.41) is 8.32. The van der Waals surface area contributed by atoms with E-state index in [-0.39, 0.29) is 5.91 Å². The van der Waals surface area contributed by atoms with Crippen LogP contribution in [-0.4, -0.2) is 62.9 Å². The van der Waals surface area contributed by atoms with Gasteiger partial charge in [-0.05, 0) is 31.2 Å². The van der Waals surface area contributed by atoms with Gasteiger partial charge >= 0.3 is 0 Å². The topological polar surface area (TPSA) is 54.3 Å². The van der Waals surface area contributed by atoms with Crippen molar-refractivity contribution in [2.24, 2.45) is 0 Å². The average Bonchev–Trinajstić information content (AvgIpc) is 3.09. The Bertz CT molecular complexity index is 753. The van der Waals surface area contributed by atoms with Crippen molar-refractivity contribution < 1.29 is 4.79 Å². The summed E-state index contributed by atoms with van der Waals surface area (Å²) < 4.78 is 1.78. The number of amides is 1. The summed E-state index contributed by atoms with van der Waals surface area (Å²) in [7, 11) is 0. The number of aromatic nitrogens is 3. The number of hydrogen-bond donors (Lipinski definition) is 0. The van der Waals surface area contributed by atoms with Gasteiger partial charge in [0, 0.05) is 38.8 Å². The molecule has 2 aromatic rings. The number of rotatable bonds is 5. The van der Waals surface area contributed by atoms with Crippen molar-refractivity contribution in [1.29, 1.82) is 0 Å². The summed E-state index contributed by atoms with van der Waals surface area (Å²) in [6.07, 6.45) is 10.5. The van der Waals surface area contributed by atoms with Crippen molar-refractivity contribution in [3.8, 4) is 0 Å². The molecule has 1 aliphatic heterocycles. The van der Waals surface area contributed by atoms with Crippen LogP contribution >= 0.6 is 0 Å². The van der Waals surface area contributed by atoms with E-state index in [2.05, 4.69) is 27.3 Å². The highest BCUT2D eigenvalue weighted by Gasteiger charge is 2.26. The van der Waals surface area contributed by atoms with Crippen LogP contribution in [0.25, 0.3) is 0 Å². The number of aryl methyl sites for hydroxylation is 2. The molecule has 0 atom stereocenters. The highest BCUT2D eigenvalue weighted by Crippen LogP contribution is 2.23. The summed E-state index contributed by atoms with van der Waals surface area (Å²) in [6.45, 7) is 4.45. The standard InChI is InChI=1S/C22H31N5O/c28-22(21-18-27(24-23-21)15-12-19-8-3-1-4-9-19)26-14-7-13-25(16-17-26)20-10-5-2-6-11-20/h1,3-4,8-9,18,20H,2,5-7,10-17H2. The summed E-state index contributed by atoms with van der Waals surface area (Å²) in [5.74, 6) is 0.0245. The molecule has 1 aliphatic carbocycles. The van der Waals surface area contributed by atoms with Gasteiger partial charge in [-0.25, -0.2) is 0 Å². The van der Waals surface area contributed by atoms with Gasteiger partial charge in [-0.3, -0.25) is 14.4 Å². The number of benzene rings is 1. The van der Waals surface area contributed by atoms with Crippen molar-refractivity contribution in [2.45, 2.75) is 57.5 Å². The van der Waals surface area contributed by atoms with E-state index in [1.165, 1.54) is 37.7 Å². The molecule has 1 aromatic carbocycles. The lowest BCUT2D eigenvalue weighted by Gasteiger charge is -2.33. The molecule has 1 saturated heterocycles. The molecule has 1 saturated carbocycles. The normalized spacial score (nSPS) is 19.5. The molecule has 2 aliphatic rings. The first kappa shape index (κ1) is 19.1. The van der Waals surface area contributed by atoms with Crippen LogP contribution in [0.1, 0.15) is 54.6 Å². The van der Waals surface area contributed by atoms with Crippen LogP contribution in [0.15, 0.2) is 36.5 Å². The minimum absolute atomic E-state index is 0.0245. The molecule has 28 heavy (non-hydrogen) atoms. The van der Waals surface area contributed by atoms with E-state index in [1.54, 1.807) is 10.9 Å². The van der Waals surface area contributed by atoms with Crippen LogP contribution < -0.4 is 0 Å². The van der Waals surface area contributed by atoms with Crippen molar-refractivity contribution in [3.05, 3.63) is 47.8 Å². The van der Waals surface area contributed by atoms with E-state index in [0.717, 1.165) is 51.6 Å². The Hall–Kier alpha value is -2.21. The van der Waals surface area contributed by atoms with E-state index in [4.69, 9.17) is 0 Å². The number of carbonyl (C=O) groups excluding carboxylic acids is 1. The second-order valence-electron chi connectivity index (χ2n) is 8.08. The lowest BCUT2D eigenvalue weighted by Crippen LogP contribution is -2.40. The SMILES string of the molecule is O=C(c1cn(CCc2ccccc2)nn1)N1CCCN(C2CCCCC2)CC1. The van der Waals surface area contributed by atoms with Crippen LogP contribution in [-0.2, 0) is 13.0 Å². The molecule has 2 heterocycles. The van der Waals surface area contributed by atoms with Crippen LogP contribution in [0.5, 0.6) is 0 Å². The number of nitrogens with zero attached hydrogens (tertiary/aromatic N) is 5. The molecule has 6 nitrogen and oxygen atoms in total. The van der Waals surface area contributed by atoms with Crippen molar-refractivity contribution in [3.63, 3.8) is 0 Å². The lowest BCUT2D eigenvalue weighted by atomic mass is 9.94. The third kappa shape index (κ3) is 4.79. The molecule has 2 fully saturated rings. The van der Waals surface area contributed by atoms with Gasteiger partial charge in [-0.1, -0.05) is 54.8 Å². The summed E-state index contributed by atoms with van der Waals surface area (Å²) in [6, 6.07) is 11.1. The molecular formula is C22H31N5O. The monoisotopic (exact) mass is 381 g/mol. The highest BCUT2D eigenvalue weighted by molar-refractivity contribution is 5.91. The molecule has 0 unspecified atom stereocenters. The summed E-state index contributed by atoms with van der Waals surface area (Å²) >= 11 is 0. The van der Waals surface area contributed by atoms with Gasteiger partial charge in [0.25, 0.3) is 5.91 Å². The minimum Gasteiger partial charge on any atom is -0.336 e. The maximum atomic E-state index is 12.9. The number of carbonyl (C=O) groups is 1. The van der Waals surface area contributed by atoms with E-state index in [1.807, 2.05) is 23.1 Å².